The average molecular weight is 377 g/mol. The van der Waals surface area contributed by atoms with Crippen LogP contribution in [0.4, 0.5) is 10.1 Å². The number of benzene rings is 2. The van der Waals surface area contributed by atoms with E-state index in [0.29, 0.717) is 11.3 Å². The summed E-state index contributed by atoms with van der Waals surface area (Å²) < 4.78 is 13.7. The molecular weight excluding hydrogens is 357 g/mol. The van der Waals surface area contributed by atoms with Crippen LogP contribution in [-0.4, -0.2) is 16.8 Å². The summed E-state index contributed by atoms with van der Waals surface area (Å²) in [4.78, 5) is 29.0. The molecule has 0 bridgehead atoms. The van der Waals surface area contributed by atoms with Crippen LogP contribution in [0.1, 0.15) is 37.7 Å². The zero-order chi connectivity index (χ0) is 20.1. The van der Waals surface area contributed by atoms with Gasteiger partial charge in [0, 0.05) is 17.8 Å². The van der Waals surface area contributed by atoms with Gasteiger partial charge in [0.05, 0.1) is 0 Å². The molecule has 0 fully saturated rings. The monoisotopic (exact) mass is 377 g/mol. The van der Waals surface area contributed by atoms with Crippen LogP contribution in [0.2, 0.25) is 0 Å². The van der Waals surface area contributed by atoms with Crippen molar-refractivity contribution in [2.24, 2.45) is 0 Å². The van der Waals surface area contributed by atoms with E-state index in [-0.39, 0.29) is 17.9 Å². The number of carbonyl (C=O) groups is 2. The van der Waals surface area contributed by atoms with Crippen LogP contribution in [0.15, 0.2) is 60.7 Å². The van der Waals surface area contributed by atoms with Gasteiger partial charge in [0.1, 0.15) is 17.2 Å². The minimum Gasteiger partial charge on any atom is -0.347 e. The second-order valence-corrected chi connectivity index (χ2v) is 6.38. The zero-order valence-electron chi connectivity index (χ0n) is 15.6. The summed E-state index contributed by atoms with van der Waals surface area (Å²) in [5, 5.41) is 5.43. The Morgan fingerprint density at radius 2 is 1.57 bits per heavy atom. The lowest BCUT2D eigenvalue weighted by molar-refractivity contribution is 0.0945. The van der Waals surface area contributed by atoms with Crippen LogP contribution in [0.5, 0.6) is 0 Å². The number of nitrogens with zero attached hydrogens (tertiary/aromatic N) is 1. The maximum atomic E-state index is 13.7. The van der Waals surface area contributed by atoms with Crippen LogP contribution >= 0.6 is 0 Å². The average Bonchev–Trinajstić information content (AvgIpc) is 2.70. The highest BCUT2D eigenvalue weighted by Gasteiger charge is 2.14. The van der Waals surface area contributed by atoms with Gasteiger partial charge in [-0.1, -0.05) is 36.4 Å². The number of hydrogen-bond acceptors (Lipinski definition) is 3. The quantitative estimate of drug-likeness (QED) is 0.705. The molecule has 2 amide bonds. The van der Waals surface area contributed by atoms with Crippen molar-refractivity contribution in [3.05, 3.63) is 94.6 Å². The fourth-order valence-corrected chi connectivity index (χ4v) is 2.67. The summed E-state index contributed by atoms with van der Waals surface area (Å²) in [5.41, 5.74) is 3.31. The lowest BCUT2D eigenvalue weighted by Gasteiger charge is -2.11. The van der Waals surface area contributed by atoms with Crippen molar-refractivity contribution in [3.8, 4) is 0 Å². The molecule has 0 aliphatic carbocycles. The summed E-state index contributed by atoms with van der Waals surface area (Å²) in [5.74, 6) is -1.28. The third-order valence-electron chi connectivity index (χ3n) is 4.46. The summed E-state index contributed by atoms with van der Waals surface area (Å²) in [6, 6.07) is 16.5. The minimum atomic E-state index is -0.482. The van der Waals surface area contributed by atoms with Gasteiger partial charge in [0.15, 0.2) is 0 Å². The van der Waals surface area contributed by atoms with Crippen molar-refractivity contribution in [1.29, 1.82) is 0 Å². The van der Waals surface area contributed by atoms with Crippen molar-refractivity contribution in [1.82, 2.24) is 10.3 Å². The van der Waals surface area contributed by atoms with Gasteiger partial charge < -0.3 is 10.6 Å². The first-order chi connectivity index (χ1) is 13.5. The Morgan fingerprint density at radius 1 is 0.893 bits per heavy atom. The first-order valence-electron chi connectivity index (χ1n) is 8.82. The highest BCUT2D eigenvalue weighted by atomic mass is 19.1. The van der Waals surface area contributed by atoms with Crippen LogP contribution in [-0.2, 0) is 6.54 Å². The molecule has 0 aliphatic rings. The first-order valence-corrected chi connectivity index (χ1v) is 8.82. The number of anilines is 1. The zero-order valence-corrected chi connectivity index (χ0v) is 15.6. The number of rotatable bonds is 5. The fraction of sp³-hybridized carbons (Fsp3) is 0.136. The number of amides is 2. The maximum Gasteiger partial charge on any atom is 0.274 e. The molecule has 28 heavy (non-hydrogen) atoms. The molecule has 142 valence electrons. The Morgan fingerprint density at radius 3 is 2.32 bits per heavy atom. The predicted molar refractivity (Wildman–Crippen MR) is 106 cm³/mol. The third-order valence-corrected chi connectivity index (χ3v) is 4.46. The molecule has 0 saturated carbocycles. The molecule has 0 atom stereocenters. The van der Waals surface area contributed by atoms with Crippen LogP contribution in [0.3, 0.4) is 0 Å². The summed E-state index contributed by atoms with van der Waals surface area (Å²) in [6.07, 6.45) is 0. The number of halogens is 1. The fourth-order valence-electron chi connectivity index (χ4n) is 2.67. The molecule has 3 rings (SSSR count). The lowest BCUT2D eigenvalue weighted by atomic mass is 10.1. The molecule has 0 radical (unpaired) electrons. The van der Waals surface area contributed by atoms with Gasteiger partial charge >= 0.3 is 0 Å². The Kier molecular flexibility index (Phi) is 5.79. The van der Waals surface area contributed by atoms with Gasteiger partial charge in [0.2, 0.25) is 0 Å². The van der Waals surface area contributed by atoms with Crippen LogP contribution in [0, 0.1) is 19.7 Å². The second kappa shape index (κ2) is 8.43. The van der Waals surface area contributed by atoms with E-state index in [1.54, 1.807) is 24.3 Å². The molecule has 1 aromatic heterocycles. The van der Waals surface area contributed by atoms with Crippen molar-refractivity contribution >= 4 is 17.5 Å². The summed E-state index contributed by atoms with van der Waals surface area (Å²) >= 11 is 0. The Bertz CT molecular complexity index is 1030. The van der Waals surface area contributed by atoms with Gasteiger partial charge in [-0.2, -0.15) is 0 Å². The predicted octanol–water partition coefficient (Wildman–Crippen LogP) is 4.02. The molecule has 2 N–H and O–H groups in total. The van der Waals surface area contributed by atoms with Gasteiger partial charge in [0.25, 0.3) is 11.8 Å². The van der Waals surface area contributed by atoms with Gasteiger partial charge in [-0.25, -0.2) is 9.37 Å². The van der Waals surface area contributed by atoms with Crippen molar-refractivity contribution in [3.63, 3.8) is 0 Å². The Hall–Kier alpha value is -3.54. The third kappa shape index (κ3) is 4.40. The standard InChI is InChI=1S/C22H20FN3O2/c1-14-7-5-10-18(15(14)2)26-22(28)20-12-6-11-19(25-20)21(27)24-13-16-8-3-4-9-17(16)23/h3-12H,13H2,1-2H3,(H,24,27)(H,26,28). The molecule has 2 aromatic carbocycles. The molecule has 6 heteroatoms. The molecular formula is C22H20FN3O2. The largest absolute Gasteiger partial charge is 0.347 e. The number of aryl methyl sites for hydroxylation is 1. The molecule has 3 aromatic rings. The van der Waals surface area contributed by atoms with Crippen molar-refractivity contribution in [2.75, 3.05) is 5.32 Å². The lowest BCUT2D eigenvalue weighted by Crippen LogP contribution is -2.25. The van der Waals surface area contributed by atoms with Crippen LogP contribution < -0.4 is 10.6 Å². The van der Waals surface area contributed by atoms with Gasteiger partial charge in [-0.05, 0) is 49.2 Å². The van der Waals surface area contributed by atoms with E-state index < -0.39 is 17.6 Å². The van der Waals surface area contributed by atoms with E-state index in [1.165, 1.54) is 18.2 Å². The maximum absolute atomic E-state index is 13.7. The smallest absolute Gasteiger partial charge is 0.274 e. The minimum absolute atomic E-state index is 0.0338. The van der Waals surface area contributed by atoms with Crippen molar-refractivity contribution < 1.29 is 14.0 Å². The SMILES string of the molecule is Cc1cccc(NC(=O)c2cccc(C(=O)NCc3ccccc3F)n2)c1C. The normalized spacial score (nSPS) is 10.4. The molecule has 1 heterocycles. The Labute approximate surface area is 162 Å². The number of nitrogens with one attached hydrogen (secondary N) is 2. The number of carbonyl (C=O) groups excluding carboxylic acids is 2. The van der Waals surface area contributed by atoms with Gasteiger partial charge in [-0.3, -0.25) is 9.59 Å². The molecule has 0 unspecified atom stereocenters. The number of hydrogen-bond donors (Lipinski definition) is 2. The Balaban J connectivity index is 1.70. The van der Waals surface area contributed by atoms with Crippen molar-refractivity contribution in [2.45, 2.75) is 20.4 Å². The second-order valence-electron chi connectivity index (χ2n) is 6.38. The molecule has 5 nitrogen and oxygen atoms in total. The van der Waals surface area contributed by atoms with E-state index in [0.717, 1.165) is 11.1 Å². The first kappa shape index (κ1) is 19.2. The van der Waals surface area contributed by atoms with E-state index in [2.05, 4.69) is 15.6 Å². The van der Waals surface area contributed by atoms with E-state index in [9.17, 15) is 14.0 Å². The van der Waals surface area contributed by atoms with E-state index in [1.807, 2.05) is 32.0 Å². The van der Waals surface area contributed by atoms with E-state index in [4.69, 9.17) is 0 Å². The number of pyridine rings is 1. The molecule has 0 spiro atoms. The topological polar surface area (TPSA) is 71.1 Å². The molecule has 0 aliphatic heterocycles. The molecule has 0 saturated heterocycles. The number of aromatic nitrogens is 1. The van der Waals surface area contributed by atoms with E-state index >= 15 is 0 Å². The summed E-state index contributed by atoms with van der Waals surface area (Å²) in [6.45, 7) is 3.92. The highest BCUT2D eigenvalue weighted by molar-refractivity contribution is 6.04. The summed E-state index contributed by atoms with van der Waals surface area (Å²) in [7, 11) is 0. The highest BCUT2D eigenvalue weighted by Crippen LogP contribution is 2.18. The van der Waals surface area contributed by atoms with Crippen LogP contribution in [0.25, 0.3) is 0 Å². The van der Waals surface area contributed by atoms with Gasteiger partial charge in [-0.15, -0.1) is 0 Å².